The van der Waals surface area contributed by atoms with E-state index in [0.29, 0.717) is 24.8 Å². The number of hydrogen-bond donors (Lipinski definition) is 2. The summed E-state index contributed by atoms with van der Waals surface area (Å²) in [6.45, 7) is 2.27. The molecule has 4 rings (SSSR count). The lowest BCUT2D eigenvalue weighted by atomic mass is 10.1. The topological polar surface area (TPSA) is 89.5 Å². The van der Waals surface area contributed by atoms with Gasteiger partial charge in [0.1, 0.15) is 17.9 Å². The molecule has 1 aromatic heterocycles. The van der Waals surface area contributed by atoms with Gasteiger partial charge in [0.05, 0.1) is 30.3 Å². The Balaban J connectivity index is 1.37. The van der Waals surface area contributed by atoms with E-state index in [0.717, 1.165) is 5.01 Å². The Bertz CT molecular complexity index is 630. The first kappa shape index (κ1) is 15.0. The maximum Gasteiger partial charge on any atom is 0.271 e. The molecule has 7 nitrogen and oxygen atoms in total. The van der Waals surface area contributed by atoms with Crippen molar-refractivity contribution in [1.82, 2.24) is 15.6 Å². The van der Waals surface area contributed by atoms with E-state index in [1.807, 2.05) is 5.38 Å². The summed E-state index contributed by atoms with van der Waals surface area (Å²) >= 11 is 1.55. The van der Waals surface area contributed by atoms with Gasteiger partial charge in [-0.05, 0) is 12.8 Å². The Morgan fingerprint density at radius 1 is 1.17 bits per heavy atom. The van der Waals surface area contributed by atoms with Crippen LogP contribution in [0.3, 0.4) is 0 Å². The summed E-state index contributed by atoms with van der Waals surface area (Å²) in [5.74, 6) is 0.261. The second kappa shape index (κ2) is 5.85. The summed E-state index contributed by atoms with van der Waals surface area (Å²) in [6.07, 6.45) is 1.92. The largest absolute Gasteiger partial charge is 0.371 e. The lowest BCUT2D eigenvalue weighted by Gasteiger charge is -2.17. The molecule has 8 heteroatoms. The first-order valence-corrected chi connectivity index (χ1v) is 8.76. The molecule has 23 heavy (non-hydrogen) atoms. The molecule has 0 unspecified atom stereocenters. The number of ether oxygens (including phenoxy) is 2. The van der Waals surface area contributed by atoms with Crippen molar-refractivity contribution in [1.29, 1.82) is 0 Å². The van der Waals surface area contributed by atoms with Crippen molar-refractivity contribution in [2.24, 2.45) is 0 Å². The Kier molecular flexibility index (Phi) is 3.82. The second-order valence-electron chi connectivity index (χ2n) is 6.33. The van der Waals surface area contributed by atoms with Crippen molar-refractivity contribution in [2.75, 3.05) is 13.2 Å². The second-order valence-corrected chi connectivity index (χ2v) is 7.22. The highest BCUT2D eigenvalue weighted by Crippen LogP contribution is 2.41. The summed E-state index contributed by atoms with van der Waals surface area (Å²) in [7, 11) is 0. The predicted molar refractivity (Wildman–Crippen MR) is 82.4 cm³/mol. The number of carbonyl (C=O) groups is 2. The van der Waals surface area contributed by atoms with E-state index in [1.54, 1.807) is 11.3 Å². The van der Waals surface area contributed by atoms with Gasteiger partial charge in [-0.1, -0.05) is 0 Å². The van der Waals surface area contributed by atoms with Gasteiger partial charge < -0.3 is 20.1 Å². The maximum atomic E-state index is 12.4. The fourth-order valence-electron chi connectivity index (χ4n) is 3.16. The van der Waals surface area contributed by atoms with Gasteiger partial charge in [0.25, 0.3) is 5.91 Å². The number of nitrogens with one attached hydrogen (secondary N) is 2. The number of amides is 2. The molecule has 3 heterocycles. The first-order valence-electron chi connectivity index (χ1n) is 7.88. The number of rotatable bonds is 4. The van der Waals surface area contributed by atoms with Crippen molar-refractivity contribution < 1.29 is 19.1 Å². The average Bonchev–Trinajstić information content (AvgIpc) is 2.96. The summed E-state index contributed by atoms with van der Waals surface area (Å²) in [4.78, 5) is 28.0. The van der Waals surface area contributed by atoms with Crippen LogP contribution in [-0.2, 0) is 14.3 Å². The molecular formula is C15H19N3O4S. The number of hydrogen-bond acceptors (Lipinski definition) is 6. The molecule has 3 aliphatic rings. The predicted octanol–water partition coefficient (Wildman–Crippen LogP) is 0.421. The van der Waals surface area contributed by atoms with Gasteiger partial charge in [0, 0.05) is 18.2 Å². The molecule has 3 fully saturated rings. The molecule has 1 aromatic rings. The van der Waals surface area contributed by atoms with Gasteiger partial charge in [-0.25, -0.2) is 4.98 Å². The van der Waals surface area contributed by atoms with Gasteiger partial charge in [0.2, 0.25) is 5.91 Å². The van der Waals surface area contributed by atoms with Crippen molar-refractivity contribution in [3.8, 4) is 0 Å². The van der Waals surface area contributed by atoms with Crippen molar-refractivity contribution in [3.05, 3.63) is 16.1 Å². The maximum absolute atomic E-state index is 12.4. The molecule has 124 valence electrons. The zero-order valence-corrected chi connectivity index (χ0v) is 13.6. The van der Waals surface area contributed by atoms with Crippen LogP contribution in [-0.4, -0.2) is 54.3 Å². The Morgan fingerprint density at radius 3 is 2.43 bits per heavy atom. The molecule has 2 N–H and O–H groups in total. The molecule has 0 bridgehead atoms. The molecule has 2 aliphatic heterocycles. The van der Waals surface area contributed by atoms with Crippen molar-refractivity contribution >= 4 is 23.2 Å². The van der Waals surface area contributed by atoms with E-state index >= 15 is 0 Å². The third-order valence-electron chi connectivity index (χ3n) is 4.44. The zero-order chi connectivity index (χ0) is 16.0. The van der Waals surface area contributed by atoms with E-state index in [9.17, 15) is 9.59 Å². The lowest BCUT2D eigenvalue weighted by Crippen LogP contribution is -2.46. The van der Waals surface area contributed by atoms with Crippen LogP contribution in [0, 0.1) is 0 Å². The van der Waals surface area contributed by atoms with E-state index in [4.69, 9.17) is 9.47 Å². The van der Waals surface area contributed by atoms with Gasteiger partial charge >= 0.3 is 0 Å². The molecular weight excluding hydrogens is 318 g/mol. The standard InChI is InChI=1S/C15H19N3O4S/c1-7(19)16-9-4-21-13-10(5-22-12(9)13)17-14(20)11-6-23-15(18-11)8-2-3-8/h6,8-10,12-13H,2-5H2,1H3,(H,16,19)(H,17,20)/t9-,10-,12+,13+/m0/s1. The molecule has 4 atom stereocenters. The van der Waals surface area contributed by atoms with E-state index in [2.05, 4.69) is 15.6 Å². The van der Waals surface area contributed by atoms with Crippen LogP contribution < -0.4 is 10.6 Å². The van der Waals surface area contributed by atoms with Crippen LogP contribution in [0.1, 0.15) is 41.2 Å². The van der Waals surface area contributed by atoms with Gasteiger partial charge in [0.15, 0.2) is 0 Å². The van der Waals surface area contributed by atoms with Crippen LogP contribution >= 0.6 is 11.3 Å². The quantitative estimate of drug-likeness (QED) is 0.831. The zero-order valence-electron chi connectivity index (χ0n) is 12.8. The molecule has 1 aliphatic carbocycles. The van der Waals surface area contributed by atoms with E-state index in [1.165, 1.54) is 19.8 Å². The third kappa shape index (κ3) is 2.98. The summed E-state index contributed by atoms with van der Waals surface area (Å²) in [5.41, 5.74) is 0.469. The molecule has 0 radical (unpaired) electrons. The molecule has 1 saturated carbocycles. The summed E-state index contributed by atoms with van der Waals surface area (Å²) in [5, 5.41) is 8.65. The minimum atomic E-state index is -0.225. The monoisotopic (exact) mass is 337 g/mol. The Hall–Kier alpha value is -1.51. The molecule has 0 aromatic carbocycles. The van der Waals surface area contributed by atoms with Crippen LogP contribution in [0.2, 0.25) is 0 Å². The number of carbonyl (C=O) groups excluding carboxylic acids is 2. The smallest absolute Gasteiger partial charge is 0.271 e. The third-order valence-corrected chi connectivity index (χ3v) is 5.45. The number of fused-ring (bicyclic) bond motifs is 1. The minimum absolute atomic E-state index is 0.106. The van der Waals surface area contributed by atoms with Gasteiger partial charge in [-0.3, -0.25) is 9.59 Å². The average molecular weight is 337 g/mol. The van der Waals surface area contributed by atoms with E-state index < -0.39 is 0 Å². The molecule has 2 amide bonds. The van der Waals surface area contributed by atoms with Crippen LogP contribution in [0.4, 0.5) is 0 Å². The number of nitrogens with zero attached hydrogens (tertiary/aromatic N) is 1. The fraction of sp³-hybridized carbons (Fsp3) is 0.667. The first-order chi connectivity index (χ1) is 11.1. The van der Waals surface area contributed by atoms with Crippen LogP contribution in [0.15, 0.2) is 5.38 Å². The van der Waals surface area contributed by atoms with E-state index in [-0.39, 0.29) is 36.1 Å². The summed E-state index contributed by atoms with van der Waals surface area (Å²) < 4.78 is 11.4. The normalized spacial score (nSPS) is 32.6. The van der Waals surface area contributed by atoms with Crippen molar-refractivity contribution in [3.63, 3.8) is 0 Å². The molecule has 0 spiro atoms. The van der Waals surface area contributed by atoms with Gasteiger partial charge in [-0.2, -0.15) is 0 Å². The van der Waals surface area contributed by atoms with Crippen LogP contribution in [0.25, 0.3) is 0 Å². The fourth-order valence-corrected chi connectivity index (χ4v) is 4.13. The highest BCUT2D eigenvalue weighted by atomic mass is 32.1. The number of thiazole rings is 1. The van der Waals surface area contributed by atoms with Crippen LogP contribution in [0.5, 0.6) is 0 Å². The lowest BCUT2D eigenvalue weighted by molar-refractivity contribution is -0.120. The minimum Gasteiger partial charge on any atom is -0.371 e. The highest BCUT2D eigenvalue weighted by Gasteiger charge is 2.48. The molecule has 2 saturated heterocycles. The highest BCUT2D eigenvalue weighted by molar-refractivity contribution is 7.10. The summed E-state index contributed by atoms with van der Waals surface area (Å²) in [6, 6.07) is -0.363. The SMILES string of the molecule is CC(=O)N[C@H]1CO[C@H]2[C@@H]1OC[C@@H]2NC(=O)c1csc(C2CC2)n1. The Labute approximate surface area is 137 Å². The Morgan fingerprint density at radius 2 is 1.83 bits per heavy atom. The van der Waals surface area contributed by atoms with Gasteiger partial charge in [-0.15, -0.1) is 11.3 Å². The number of aromatic nitrogens is 1. The van der Waals surface area contributed by atoms with Crippen molar-refractivity contribution in [2.45, 2.75) is 50.0 Å².